The number of nitriles is 1. The summed E-state index contributed by atoms with van der Waals surface area (Å²) in [5.41, 5.74) is 0.643. The highest BCUT2D eigenvalue weighted by Crippen LogP contribution is 2.32. The average molecular weight is 414 g/mol. The minimum absolute atomic E-state index is 0.0948. The standard InChI is InChI=1S/C17H11BrF3NO3/c18-14-2-1-3-15(13(14)4-5-24-17(23)16(20)21)25-12-7-10(9-22)6-11(19)8-12/h1-3,6-8,16H,4-5H2. The van der Waals surface area contributed by atoms with Crippen molar-refractivity contribution < 1.29 is 27.4 Å². The third-order valence-corrected chi connectivity index (χ3v) is 3.82. The van der Waals surface area contributed by atoms with Gasteiger partial charge in [-0.05, 0) is 24.3 Å². The van der Waals surface area contributed by atoms with Gasteiger partial charge < -0.3 is 9.47 Å². The maximum atomic E-state index is 13.5. The predicted octanol–water partition coefficient (Wildman–Crippen LogP) is 4.60. The van der Waals surface area contributed by atoms with Gasteiger partial charge in [-0.15, -0.1) is 0 Å². The molecule has 0 radical (unpaired) electrons. The van der Waals surface area contributed by atoms with Gasteiger partial charge in [0.05, 0.1) is 18.2 Å². The lowest BCUT2D eigenvalue weighted by molar-refractivity contribution is -0.156. The Morgan fingerprint density at radius 3 is 2.72 bits per heavy atom. The van der Waals surface area contributed by atoms with Gasteiger partial charge in [0.1, 0.15) is 17.3 Å². The number of carbonyl (C=O) groups excluding carboxylic acids is 1. The van der Waals surface area contributed by atoms with Crippen LogP contribution in [-0.4, -0.2) is 19.0 Å². The van der Waals surface area contributed by atoms with E-state index in [4.69, 9.17) is 10.00 Å². The zero-order chi connectivity index (χ0) is 18.4. The zero-order valence-electron chi connectivity index (χ0n) is 12.6. The van der Waals surface area contributed by atoms with Crippen molar-refractivity contribution in [2.45, 2.75) is 12.8 Å². The van der Waals surface area contributed by atoms with E-state index in [1.54, 1.807) is 18.2 Å². The van der Waals surface area contributed by atoms with E-state index < -0.39 is 18.2 Å². The lowest BCUT2D eigenvalue weighted by Gasteiger charge is -2.13. The van der Waals surface area contributed by atoms with Crippen molar-refractivity contribution in [3.63, 3.8) is 0 Å². The molecule has 2 rings (SSSR count). The van der Waals surface area contributed by atoms with E-state index in [9.17, 15) is 18.0 Å². The molecule has 0 aliphatic heterocycles. The number of nitrogens with zero attached hydrogens (tertiary/aromatic N) is 1. The van der Waals surface area contributed by atoms with Crippen LogP contribution < -0.4 is 4.74 Å². The van der Waals surface area contributed by atoms with E-state index in [2.05, 4.69) is 20.7 Å². The van der Waals surface area contributed by atoms with Crippen molar-refractivity contribution in [1.82, 2.24) is 0 Å². The zero-order valence-corrected chi connectivity index (χ0v) is 14.2. The minimum Gasteiger partial charge on any atom is -0.461 e. The highest BCUT2D eigenvalue weighted by Gasteiger charge is 2.17. The molecule has 0 unspecified atom stereocenters. The molecule has 25 heavy (non-hydrogen) atoms. The average Bonchev–Trinajstić information content (AvgIpc) is 2.56. The number of hydrogen-bond donors (Lipinski definition) is 0. The van der Waals surface area contributed by atoms with E-state index in [1.165, 1.54) is 6.07 Å². The van der Waals surface area contributed by atoms with Gasteiger partial charge >= 0.3 is 12.4 Å². The van der Waals surface area contributed by atoms with Crippen LogP contribution >= 0.6 is 15.9 Å². The lowest BCUT2D eigenvalue weighted by atomic mass is 10.1. The largest absolute Gasteiger partial charge is 0.461 e. The van der Waals surface area contributed by atoms with Crippen LogP contribution in [0.5, 0.6) is 11.5 Å². The van der Waals surface area contributed by atoms with E-state index in [0.717, 1.165) is 12.1 Å². The summed E-state index contributed by atoms with van der Waals surface area (Å²) in [5, 5.41) is 8.87. The Bertz CT molecular complexity index is 821. The van der Waals surface area contributed by atoms with Crippen molar-refractivity contribution >= 4 is 21.9 Å². The molecule has 2 aromatic rings. The molecule has 4 nitrogen and oxygen atoms in total. The highest BCUT2D eigenvalue weighted by molar-refractivity contribution is 9.10. The van der Waals surface area contributed by atoms with E-state index in [-0.39, 0.29) is 24.3 Å². The van der Waals surface area contributed by atoms with Crippen LogP contribution in [0, 0.1) is 17.1 Å². The first kappa shape index (κ1) is 18.8. The Morgan fingerprint density at radius 1 is 1.28 bits per heavy atom. The molecule has 0 amide bonds. The molecule has 0 aromatic heterocycles. The molecular formula is C17H11BrF3NO3. The van der Waals surface area contributed by atoms with Crippen LogP contribution in [-0.2, 0) is 16.0 Å². The predicted molar refractivity (Wildman–Crippen MR) is 86.0 cm³/mol. The van der Waals surface area contributed by atoms with Crippen LogP contribution in [0.1, 0.15) is 11.1 Å². The molecule has 0 heterocycles. The molecule has 0 saturated heterocycles. The van der Waals surface area contributed by atoms with Crippen LogP contribution in [0.15, 0.2) is 40.9 Å². The molecule has 130 valence electrons. The smallest absolute Gasteiger partial charge is 0.373 e. The van der Waals surface area contributed by atoms with Crippen molar-refractivity contribution in [1.29, 1.82) is 5.26 Å². The third kappa shape index (κ3) is 5.22. The number of carbonyl (C=O) groups is 1. The maximum Gasteiger partial charge on any atom is 0.373 e. The molecule has 0 bridgehead atoms. The Morgan fingerprint density at radius 2 is 2.04 bits per heavy atom. The monoisotopic (exact) mass is 413 g/mol. The Kier molecular flexibility index (Phi) is 6.42. The fourth-order valence-electron chi connectivity index (χ4n) is 2.01. The summed E-state index contributed by atoms with van der Waals surface area (Å²) in [6, 6.07) is 10.3. The second-order valence-corrected chi connectivity index (χ2v) is 5.68. The summed E-state index contributed by atoms with van der Waals surface area (Å²) >= 11 is 3.30. The van der Waals surface area contributed by atoms with Crippen LogP contribution in [0.3, 0.4) is 0 Å². The number of halogens is 4. The Balaban J connectivity index is 2.19. The normalized spacial score (nSPS) is 10.4. The minimum atomic E-state index is -3.19. The topological polar surface area (TPSA) is 59.3 Å². The number of alkyl halides is 2. The number of benzene rings is 2. The van der Waals surface area contributed by atoms with Crippen LogP contribution in [0.2, 0.25) is 0 Å². The van der Waals surface area contributed by atoms with Crippen molar-refractivity contribution in [2.75, 3.05) is 6.61 Å². The fourth-order valence-corrected chi connectivity index (χ4v) is 2.55. The molecular weight excluding hydrogens is 403 g/mol. The number of ether oxygens (including phenoxy) is 2. The van der Waals surface area contributed by atoms with Gasteiger partial charge in [-0.25, -0.2) is 9.18 Å². The van der Waals surface area contributed by atoms with Gasteiger partial charge in [0.2, 0.25) is 0 Å². The molecule has 8 heteroatoms. The molecule has 0 N–H and O–H groups in total. The summed E-state index contributed by atoms with van der Waals surface area (Å²) in [4.78, 5) is 10.8. The second-order valence-electron chi connectivity index (χ2n) is 4.82. The Labute approximate surface area is 149 Å². The summed E-state index contributed by atoms with van der Waals surface area (Å²) in [6.45, 7) is -0.269. The van der Waals surface area contributed by atoms with Gasteiger partial charge in [-0.1, -0.05) is 22.0 Å². The SMILES string of the molecule is N#Cc1cc(F)cc(Oc2cccc(Br)c2CCOC(=O)C(F)F)c1. The number of rotatable bonds is 6. The Hall–Kier alpha value is -2.53. The summed E-state index contributed by atoms with van der Waals surface area (Å²) in [5.74, 6) is -1.80. The third-order valence-electron chi connectivity index (χ3n) is 3.08. The molecule has 0 aliphatic carbocycles. The van der Waals surface area contributed by atoms with Gasteiger partial charge in [0.15, 0.2) is 0 Å². The first-order valence-corrected chi connectivity index (χ1v) is 7.80. The molecule has 2 aromatic carbocycles. The van der Waals surface area contributed by atoms with Gasteiger partial charge in [-0.3, -0.25) is 0 Å². The molecule has 0 saturated carbocycles. The molecule has 0 spiro atoms. The van der Waals surface area contributed by atoms with Crippen LogP contribution in [0.25, 0.3) is 0 Å². The molecule has 0 aliphatic rings. The van der Waals surface area contributed by atoms with Gasteiger partial charge in [0, 0.05) is 22.5 Å². The maximum absolute atomic E-state index is 13.5. The summed E-state index contributed by atoms with van der Waals surface area (Å²) in [6.07, 6.45) is -3.08. The summed E-state index contributed by atoms with van der Waals surface area (Å²) < 4.78 is 48.4. The molecule has 0 fully saturated rings. The van der Waals surface area contributed by atoms with Crippen molar-refractivity contribution in [3.05, 3.63) is 57.8 Å². The first-order valence-electron chi connectivity index (χ1n) is 7.01. The van der Waals surface area contributed by atoms with Gasteiger partial charge in [0.25, 0.3) is 0 Å². The van der Waals surface area contributed by atoms with Crippen LogP contribution in [0.4, 0.5) is 13.2 Å². The highest BCUT2D eigenvalue weighted by atomic mass is 79.9. The lowest BCUT2D eigenvalue weighted by Crippen LogP contribution is -2.16. The van der Waals surface area contributed by atoms with E-state index >= 15 is 0 Å². The summed E-state index contributed by atoms with van der Waals surface area (Å²) in [7, 11) is 0. The number of hydrogen-bond acceptors (Lipinski definition) is 4. The quantitative estimate of drug-likeness (QED) is 0.649. The van der Waals surface area contributed by atoms with Crippen molar-refractivity contribution in [2.24, 2.45) is 0 Å². The molecule has 0 atom stereocenters. The van der Waals surface area contributed by atoms with Gasteiger partial charge in [-0.2, -0.15) is 14.0 Å². The van der Waals surface area contributed by atoms with Crippen molar-refractivity contribution in [3.8, 4) is 17.6 Å². The van der Waals surface area contributed by atoms with E-state index in [0.29, 0.717) is 15.8 Å². The fraction of sp³-hybridized carbons (Fsp3) is 0.176. The first-order chi connectivity index (χ1) is 11.9. The number of esters is 1. The second kappa shape index (κ2) is 8.53. The van der Waals surface area contributed by atoms with E-state index in [1.807, 2.05) is 6.07 Å².